The number of unbranched alkanes of at least 4 members (excludes halogenated alkanes) is 1. The Hall–Kier alpha value is -1.66. The lowest BCUT2D eigenvalue weighted by atomic mass is 10.1. The van der Waals surface area contributed by atoms with Crippen molar-refractivity contribution in [3.63, 3.8) is 0 Å². The summed E-state index contributed by atoms with van der Waals surface area (Å²) in [5, 5.41) is 4.92. The lowest BCUT2D eigenvalue weighted by Crippen LogP contribution is -2.12. The zero-order valence-electron chi connectivity index (χ0n) is 10.6. The average molecular weight is 279 g/mol. The van der Waals surface area contributed by atoms with Crippen LogP contribution in [0.1, 0.15) is 18.4 Å². The number of benzene rings is 1. The molecule has 1 aromatic heterocycles. The molecule has 0 amide bonds. The molecule has 0 radical (unpaired) electrons. The fourth-order valence-corrected chi connectivity index (χ4v) is 2.35. The Morgan fingerprint density at radius 2 is 1.89 bits per heavy atom. The summed E-state index contributed by atoms with van der Waals surface area (Å²) in [6, 6.07) is 10.3. The van der Waals surface area contributed by atoms with Gasteiger partial charge in [0.25, 0.3) is 10.0 Å². The first-order valence-corrected chi connectivity index (χ1v) is 7.69. The summed E-state index contributed by atoms with van der Waals surface area (Å²) in [6.45, 7) is 0.745. The van der Waals surface area contributed by atoms with E-state index in [0.717, 1.165) is 25.8 Å². The van der Waals surface area contributed by atoms with E-state index < -0.39 is 10.0 Å². The highest BCUT2D eigenvalue weighted by Crippen LogP contribution is 2.07. The molecule has 19 heavy (non-hydrogen) atoms. The van der Waals surface area contributed by atoms with Crippen molar-refractivity contribution in [2.24, 2.45) is 5.14 Å². The molecule has 0 spiro atoms. The Morgan fingerprint density at radius 1 is 1.16 bits per heavy atom. The Morgan fingerprint density at radius 3 is 2.53 bits per heavy atom. The summed E-state index contributed by atoms with van der Waals surface area (Å²) in [5.74, 6) is 0. The number of nitrogens with zero attached hydrogens (tertiary/aromatic N) is 2. The van der Waals surface area contributed by atoms with Crippen molar-refractivity contribution in [1.82, 2.24) is 9.55 Å². The summed E-state index contributed by atoms with van der Waals surface area (Å²) in [4.78, 5) is 3.77. The highest BCUT2D eigenvalue weighted by atomic mass is 32.2. The molecule has 1 aromatic carbocycles. The van der Waals surface area contributed by atoms with Crippen molar-refractivity contribution in [1.29, 1.82) is 0 Å². The molecule has 2 rings (SSSR count). The maximum Gasteiger partial charge on any atom is 0.257 e. The largest absolute Gasteiger partial charge is 0.336 e. The molecule has 0 aliphatic carbocycles. The van der Waals surface area contributed by atoms with Gasteiger partial charge in [-0.3, -0.25) is 0 Å². The molecular formula is C13H17N3O2S. The van der Waals surface area contributed by atoms with Gasteiger partial charge in [0.05, 0.1) is 6.33 Å². The van der Waals surface area contributed by atoms with Gasteiger partial charge in [-0.2, -0.15) is 0 Å². The van der Waals surface area contributed by atoms with Gasteiger partial charge in [0.1, 0.15) is 0 Å². The molecule has 102 valence electrons. The molecule has 2 aromatic rings. The van der Waals surface area contributed by atoms with Crippen LogP contribution in [0.15, 0.2) is 47.9 Å². The molecule has 0 aliphatic heterocycles. The van der Waals surface area contributed by atoms with Crippen molar-refractivity contribution in [3.05, 3.63) is 48.4 Å². The predicted octanol–water partition coefficient (Wildman–Crippen LogP) is 1.55. The van der Waals surface area contributed by atoms with E-state index in [-0.39, 0.29) is 5.03 Å². The van der Waals surface area contributed by atoms with Crippen LogP contribution < -0.4 is 5.14 Å². The zero-order valence-corrected chi connectivity index (χ0v) is 11.4. The molecule has 0 bridgehead atoms. The van der Waals surface area contributed by atoms with Crippen LogP contribution in [0.3, 0.4) is 0 Å². The van der Waals surface area contributed by atoms with Gasteiger partial charge in [0.15, 0.2) is 5.03 Å². The molecular weight excluding hydrogens is 262 g/mol. The Balaban J connectivity index is 1.79. The highest BCUT2D eigenvalue weighted by Gasteiger charge is 2.10. The van der Waals surface area contributed by atoms with E-state index in [1.165, 1.54) is 18.1 Å². The Labute approximate surface area is 113 Å². The first-order chi connectivity index (χ1) is 9.05. The van der Waals surface area contributed by atoms with Gasteiger partial charge in [-0.1, -0.05) is 30.3 Å². The van der Waals surface area contributed by atoms with Crippen LogP contribution >= 0.6 is 0 Å². The third-order valence-corrected chi connectivity index (χ3v) is 3.67. The van der Waals surface area contributed by atoms with Crippen LogP contribution in [0.4, 0.5) is 0 Å². The number of hydrogen-bond donors (Lipinski definition) is 1. The lowest BCUT2D eigenvalue weighted by Gasteiger charge is -2.02. The fourth-order valence-electron chi connectivity index (χ4n) is 1.88. The quantitative estimate of drug-likeness (QED) is 0.815. The van der Waals surface area contributed by atoms with Crippen LogP contribution in [-0.2, 0) is 23.0 Å². The Kier molecular flexibility index (Phi) is 4.34. The van der Waals surface area contributed by atoms with E-state index in [0.29, 0.717) is 0 Å². The molecule has 2 N–H and O–H groups in total. The number of imidazole rings is 1. The van der Waals surface area contributed by atoms with Gasteiger partial charge in [0.2, 0.25) is 0 Å². The molecule has 0 atom stereocenters. The van der Waals surface area contributed by atoms with Crippen LogP contribution in [-0.4, -0.2) is 18.0 Å². The summed E-state index contributed by atoms with van der Waals surface area (Å²) in [5.41, 5.74) is 1.32. The van der Waals surface area contributed by atoms with E-state index in [1.54, 1.807) is 4.57 Å². The monoisotopic (exact) mass is 279 g/mol. The van der Waals surface area contributed by atoms with E-state index >= 15 is 0 Å². The molecule has 5 nitrogen and oxygen atoms in total. The molecule has 0 saturated carbocycles. The number of hydrogen-bond acceptors (Lipinski definition) is 3. The van der Waals surface area contributed by atoms with Crippen molar-refractivity contribution in [2.45, 2.75) is 30.8 Å². The molecule has 0 unspecified atom stereocenters. The highest BCUT2D eigenvalue weighted by molar-refractivity contribution is 7.89. The molecule has 0 saturated heterocycles. The van der Waals surface area contributed by atoms with Gasteiger partial charge in [-0.05, 0) is 24.8 Å². The van der Waals surface area contributed by atoms with Crippen LogP contribution in [0.2, 0.25) is 0 Å². The van der Waals surface area contributed by atoms with Crippen molar-refractivity contribution >= 4 is 10.0 Å². The SMILES string of the molecule is NS(=O)(=O)c1cn(CCCCc2ccccc2)cn1. The van der Waals surface area contributed by atoms with Gasteiger partial charge in [0, 0.05) is 12.7 Å². The van der Waals surface area contributed by atoms with E-state index in [2.05, 4.69) is 17.1 Å². The fraction of sp³-hybridized carbons (Fsp3) is 0.308. The van der Waals surface area contributed by atoms with Crippen molar-refractivity contribution < 1.29 is 8.42 Å². The van der Waals surface area contributed by atoms with Gasteiger partial charge in [-0.25, -0.2) is 18.5 Å². The second kappa shape index (κ2) is 5.99. The normalized spacial score (nSPS) is 11.6. The first-order valence-electron chi connectivity index (χ1n) is 6.14. The minimum atomic E-state index is -3.69. The van der Waals surface area contributed by atoms with E-state index in [4.69, 9.17) is 5.14 Å². The van der Waals surface area contributed by atoms with E-state index in [9.17, 15) is 8.42 Å². The van der Waals surface area contributed by atoms with Crippen molar-refractivity contribution in [3.8, 4) is 0 Å². The number of primary sulfonamides is 1. The van der Waals surface area contributed by atoms with Gasteiger partial charge in [-0.15, -0.1) is 0 Å². The number of rotatable bonds is 6. The van der Waals surface area contributed by atoms with Crippen LogP contribution in [0.5, 0.6) is 0 Å². The topological polar surface area (TPSA) is 78.0 Å². The smallest absolute Gasteiger partial charge is 0.257 e. The molecule has 0 fully saturated rings. The summed E-state index contributed by atoms with van der Waals surface area (Å²) in [6.07, 6.45) is 6.01. The summed E-state index contributed by atoms with van der Waals surface area (Å²) >= 11 is 0. The number of aromatic nitrogens is 2. The summed E-state index contributed by atoms with van der Waals surface area (Å²) < 4.78 is 23.9. The van der Waals surface area contributed by atoms with E-state index in [1.807, 2.05) is 18.2 Å². The van der Waals surface area contributed by atoms with Crippen LogP contribution in [0, 0.1) is 0 Å². The Bertz CT molecular complexity index is 620. The van der Waals surface area contributed by atoms with Crippen molar-refractivity contribution in [2.75, 3.05) is 0 Å². The first kappa shape index (κ1) is 13.8. The molecule has 6 heteroatoms. The van der Waals surface area contributed by atoms with Gasteiger partial charge < -0.3 is 4.57 Å². The average Bonchev–Trinajstić information content (AvgIpc) is 2.85. The second-order valence-corrected chi connectivity index (χ2v) is 5.95. The number of aryl methyl sites for hydroxylation is 2. The molecule has 1 heterocycles. The standard InChI is InChI=1S/C13H17N3O2S/c14-19(17,18)13-10-16(11-15-13)9-5-4-8-12-6-2-1-3-7-12/h1-3,6-7,10-11H,4-5,8-9H2,(H2,14,17,18). The minimum absolute atomic E-state index is 0.0736. The van der Waals surface area contributed by atoms with Crippen LogP contribution in [0.25, 0.3) is 0 Å². The lowest BCUT2D eigenvalue weighted by molar-refractivity contribution is 0.592. The third-order valence-electron chi connectivity index (χ3n) is 2.88. The maximum atomic E-state index is 11.1. The number of sulfonamides is 1. The zero-order chi connectivity index (χ0) is 13.7. The maximum absolute atomic E-state index is 11.1. The number of nitrogens with two attached hydrogens (primary N) is 1. The summed E-state index contributed by atoms with van der Waals surface area (Å²) in [7, 11) is -3.69. The minimum Gasteiger partial charge on any atom is -0.336 e. The second-order valence-electron chi connectivity index (χ2n) is 4.44. The third kappa shape index (κ3) is 4.18. The predicted molar refractivity (Wildman–Crippen MR) is 73.0 cm³/mol. The molecule has 0 aliphatic rings. The van der Waals surface area contributed by atoms with Gasteiger partial charge >= 0.3 is 0 Å².